The Morgan fingerprint density at radius 2 is 2.31 bits per heavy atom. The van der Waals surface area contributed by atoms with Crippen molar-refractivity contribution in [3.63, 3.8) is 0 Å². The van der Waals surface area contributed by atoms with Crippen LogP contribution < -0.4 is 4.74 Å². The molecule has 1 saturated carbocycles. The summed E-state index contributed by atoms with van der Waals surface area (Å²) in [6.45, 7) is 5.04. The van der Waals surface area contributed by atoms with Crippen LogP contribution in [0.2, 0.25) is 0 Å². The summed E-state index contributed by atoms with van der Waals surface area (Å²) in [6.07, 6.45) is 4.39. The van der Waals surface area contributed by atoms with E-state index in [1.54, 1.807) is 13.3 Å². The Hall–Kier alpha value is -1.03. The van der Waals surface area contributed by atoms with Crippen molar-refractivity contribution in [1.29, 1.82) is 0 Å². The first kappa shape index (κ1) is 11.5. The molecule has 1 aromatic heterocycles. The number of methoxy groups -OCH3 is 1. The zero-order valence-corrected chi connectivity index (χ0v) is 10.2. The molecule has 0 aliphatic heterocycles. The molecule has 0 spiro atoms. The van der Waals surface area contributed by atoms with Crippen molar-refractivity contribution < 1.29 is 9.84 Å². The van der Waals surface area contributed by atoms with Crippen LogP contribution in [0.25, 0.3) is 0 Å². The fourth-order valence-electron chi connectivity index (χ4n) is 2.00. The maximum absolute atomic E-state index is 10.4. The standard InChI is InChI=1S/C12H20N2O2/c1-4-7-14-10(9(16-3)8-13-14)11(15)12(2)5-6-12/h8,11,15H,4-7H2,1-3H3. The molecule has 1 aromatic rings. The molecule has 1 atom stereocenters. The summed E-state index contributed by atoms with van der Waals surface area (Å²) in [5.74, 6) is 0.703. The summed E-state index contributed by atoms with van der Waals surface area (Å²) in [5.41, 5.74) is 0.864. The second-order valence-electron chi connectivity index (χ2n) is 4.88. The number of ether oxygens (including phenoxy) is 1. The van der Waals surface area contributed by atoms with Crippen LogP contribution in [0, 0.1) is 5.41 Å². The zero-order valence-electron chi connectivity index (χ0n) is 10.2. The molecule has 4 heteroatoms. The average Bonchev–Trinajstić information content (AvgIpc) is 2.90. The van der Waals surface area contributed by atoms with E-state index in [1.807, 2.05) is 4.68 Å². The van der Waals surface area contributed by atoms with Crippen LogP contribution >= 0.6 is 0 Å². The van der Waals surface area contributed by atoms with E-state index in [2.05, 4.69) is 18.9 Å². The van der Waals surface area contributed by atoms with Gasteiger partial charge in [-0.15, -0.1) is 0 Å². The minimum absolute atomic E-state index is 0.0266. The number of aromatic nitrogens is 2. The van der Waals surface area contributed by atoms with Gasteiger partial charge < -0.3 is 9.84 Å². The molecule has 1 aliphatic rings. The van der Waals surface area contributed by atoms with E-state index < -0.39 is 6.10 Å². The quantitative estimate of drug-likeness (QED) is 0.833. The molecule has 16 heavy (non-hydrogen) atoms. The highest BCUT2D eigenvalue weighted by molar-refractivity contribution is 5.29. The lowest BCUT2D eigenvalue weighted by atomic mass is 9.98. The number of aliphatic hydroxyl groups excluding tert-OH is 1. The highest BCUT2D eigenvalue weighted by Gasteiger charge is 2.47. The molecule has 0 radical (unpaired) electrons. The van der Waals surface area contributed by atoms with Gasteiger partial charge in [0.25, 0.3) is 0 Å². The van der Waals surface area contributed by atoms with Gasteiger partial charge in [-0.05, 0) is 24.7 Å². The van der Waals surface area contributed by atoms with E-state index in [4.69, 9.17) is 4.74 Å². The van der Waals surface area contributed by atoms with Crippen molar-refractivity contribution in [3.8, 4) is 5.75 Å². The summed E-state index contributed by atoms with van der Waals surface area (Å²) in [6, 6.07) is 0. The Balaban J connectivity index is 2.31. The van der Waals surface area contributed by atoms with Crippen molar-refractivity contribution in [2.75, 3.05) is 7.11 Å². The second kappa shape index (κ2) is 4.09. The number of aliphatic hydroxyl groups is 1. The van der Waals surface area contributed by atoms with Gasteiger partial charge >= 0.3 is 0 Å². The summed E-state index contributed by atoms with van der Waals surface area (Å²) in [5, 5.41) is 14.7. The molecule has 0 bridgehead atoms. The molecule has 1 aliphatic carbocycles. The van der Waals surface area contributed by atoms with Gasteiger partial charge in [0.15, 0.2) is 5.75 Å². The van der Waals surface area contributed by atoms with Crippen LogP contribution in [0.3, 0.4) is 0 Å². The van der Waals surface area contributed by atoms with Crippen molar-refractivity contribution in [3.05, 3.63) is 11.9 Å². The first-order valence-electron chi connectivity index (χ1n) is 5.90. The third kappa shape index (κ3) is 1.82. The molecule has 0 aromatic carbocycles. The Kier molecular flexibility index (Phi) is 2.93. The first-order valence-corrected chi connectivity index (χ1v) is 5.90. The van der Waals surface area contributed by atoms with E-state index in [-0.39, 0.29) is 5.41 Å². The fourth-order valence-corrected chi connectivity index (χ4v) is 2.00. The zero-order chi connectivity index (χ0) is 11.8. The predicted octanol–water partition coefficient (Wildman–Crippen LogP) is 2.14. The number of nitrogens with zero attached hydrogens (tertiary/aromatic N) is 2. The summed E-state index contributed by atoms with van der Waals surface area (Å²) < 4.78 is 7.14. The van der Waals surface area contributed by atoms with Crippen molar-refractivity contribution in [1.82, 2.24) is 9.78 Å². The van der Waals surface area contributed by atoms with Crippen LogP contribution in [0.5, 0.6) is 5.75 Å². The topological polar surface area (TPSA) is 47.3 Å². The molecule has 1 unspecified atom stereocenters. The molecule has 0 saturated heterocycles. The second-order valence-corrected chi connectivity index (χ2v) is 4.88. The number of aryl methyl sites for hydroxylation is 1. The van der Waals surface area contributed by atoms with E-state index in [9.17, 15) is 5.11 Å². The maximum Gasteiger partial charge on any atom is 0.162 e. The lowest BCUT2D eigenvalue weighted by Gasteiger charge is -2.20. The summed E-state index contributed by atoms with van der Waals surface area (Å²) in [7, 11) is 1.62. The van der Waals surface area contributed by atoms with Gasteiger partial charge in [-0.3, -0.25) is 4.68 Å². The van der Waals surface area contributed by atoms with E-state index in [0.717, 1.165) is 31.5 Å². The average molecular weight is 224 g/mol. The fraction of sp³-hybridized carbons (Fsp3) is 0.750. The molecule has 4 nitrogen and oxygen atoms in total. The molecular weight excluding hydrogens is 204 g/mol. The highest BCUT2D eigenvalue weighted by Crippen LogP contribution is 2.55. The maximum atomic E-state index is 10.4. The van der Waals surface area contributed by atoms with Crippen molar-refractivity contribution in [2.24, 2.45) is 5.41 Å². The third-order valence-corrected chi connectivity index (χ3v) is 3.46. The van der Waals surface area contributed by atoms with E-state index in [0.29, 0.717) is 5.75 Å². The van der Waals surface area contributed by atoms with E-state index in [1.165, 1.54) is 0 Å². The lowest BCUT2D eigenvalue weighted by molar-refractivity contribution is 0.0911. The van der Waals surface area contributed by atoms with Crippen LogP contribution in [-0.4, -0.2) is 22.0 Å². The third-order valence-electron chi connectivity index (χ3n) is 3.46. The van der Waals surface area contributed by atoms with Gasteiger partial charge in [0.05, 0.1) is 13.3 Å². The van der Waals surface area contributed by atoms with Crippen molar-refractivity contribution in [2.45, 2.75) is 45.8 Å². The van der Waals surface area contributed by atoms with Crippen LogP contribution in [0.4, 0.5) is 0 Å². The molecule has 1 N–H and O–H groups in total. The molecule has 1 fully saturated rings. The predicted molar refractivity (Wildman–Crippen MR) is 61.4 cm³/mol. The number of rotatable bonds is 5. The highest BCUT2D eigenvalue weighted by atomic mass is 16.5. The number of hydrogen-bond acceptors (Lipinski definition) is 3. The molecule has 90 valence electrons. The molecular formula is C12H20N2O2. The number of hydrogen-bond donors (Lipinski definition) is 1. The normalized spacial score (nSPS) is 19.5. The Labute approximate surface area is 96.2 Å². The first-order chi connectivity index (χ1) is 7.62. The van der Waals surface area contributed by atoms with Gasteiger partial charge in [0, 0.05) is 6.54 Å². The smallest absolute Gasteiger partial charge is 0.162 e. The van der Waals surface area contributed by atoms with Gasteiger partial charge in [-0.2, -0.15) is 5.10 Å². The van der Waals surface area contributed by atoms with Gasteiger partial charge in [0.2, 0.25) is 0 Å². The largest absolute Gasteiger partial charge is 0.493 e. The summed E-state index contributed by atoms with van der Waals surface area (Å²) >= 11 is 0. The van der Waals surface area contributed by atoms with E-state index >= 15 is 0 Å². The SMILES string of the molecule is CCCn1ncc(OC)c1C(O)C1(C)CC1. The Morgan fingerprint density at radius 3 is 2.81 bits per heavy atom. The van der Waals surface area contributed by atoms with Gasteiger partial charge in [0.1, 0.15) is 11.8 Å². The Morgan fingerprint density at radius 1 is 1.62 bits per heavy atom. The molecule has 2 rings (SSSR count). The van der Waals surface area contributed by atoms with Crippen LogP contribution in [0.1, 0.15) is 44.9 Å². The monoisotopic (exact) mass is 224 g/mol. The van der Waals surface area contributed by atoms with Crippen molar-refractivity contribution >= 4 is 0 Å². The van der Waals surface area contributed by atoms with Gasteiger partial charge in [-0.1, -0.05) is 13.8 Å². The molecule has 1 heterocycles. The Bertz CT molecular complexity index is 369. The lowest BCUT2D eigenvalue weighted by Crippen LogP contribution is -2.16. The van der Waals surface area contributed by atoms with Crippen LogP contribution in [0.15, 0.2) is 6.20 Å². The molecule has 0 amide bonds. The summed E-state index contributed by atoms with van der Waals surface area (Å²) in [4.78, 5) is 0. The van der Waals surface area contributed by atoms with Crippen LogP contribution in [-0.2, 0) is 6.54 Å². The minimum atomic E-state index is -0.462. The van der Waals surface area contributed by atoms with Gasteiger partial charge in [-0.25, -0.2) is 0 Å². The minimum Gasteiger partial charge on any atom is -0.493 e.